The molecule has 0 spiro atoms. The van der Waals surface area contributed by atoms with E-state index in [-0.39, 0.29) is 51.4 Å². The van der Waals surface area contributed by atoms with Crippen molar-refractivity contribution in [1.82, 2.24) is 10.6 Å². The standard InChI is InChI=1S/C42H44F5N3O7/c1-21(2)4-8-26-27-9-10-28(26)37(35(27)40(53)48-25-7-12-33(44)31(20-25)42(45,46)47)50-39(52)30-18-23(6-13-34(30)56-3)29-19-24(5-11-32(29)43)36(41(54)55)49-38(51)22-14-16-57-17-15-22/h5-8,11-13,18-22,27-28,35-37H,4,9-10,14-17H2,1-3H3,(H,48,53)(H,49,51)(H,50,52)(H,54,55)/b26-8-/t27?,28?,35-,36?,37?/m0/s1. The van der Waals surface area contributed by atoms with Crippen LogP contribution in [0.15, 0.2) is 66.2 Å². The van der Waals surface area contributed by atoms with Gasteiger partial charge in [0, 0.05) is 42.3 Å². The molecule has 1 heterocycles. The summed E-state index contributed by atoms with van der Waals surface area (Å²) in [6.45, 7) is 4.82. The van der Waals surface area contributed by atoms with E-state index >= 15 is 4.39 Å². The van der Waals surface area contributed by atoms with Gasteiger partial charge in [0.1, 0.15) is 17.4 Å². The van der Waals surface area contributed by atoms with Crippen molar-refractivity contribution in [3.8, 4) is 16.9 Å². The SMILES string of the molecule is COc1ccc(-c2cc(C(NC(=O)C3CCOCC3)C(=O)O)ccc2F)cc1C(=O)NC1C2CCC(/C2=C/CC(C)C)[C@@H]1C(=O)Nc1ccc(F)c(C(F)(F)F)c1. The van der Waals surface area contributed by atoms with E-state index in [0.717, 1.165) is 17.7 Å². The zero-order chi connectivity index (χ0) is 41.2. The summed E-state index contributed by atoms with van der Waals surface area (Å²) in [5.74, 6) is -6.83. The van der Waals surface area contributed by atoms with Crippen LogP contribution in [0.4, 0.5) is 27.6 Å². The maximum atomic E-state index is 15.5. The van der Waals surface area contributed by atoms with Crippen LogP contribution in [0.1, 0.15) is 73.5 Å². The maximum absolute atomic E-state index is 15.5. The van der Waals surface area contributed by atoms with Crippen molar-refractivity contribution >= 4 is 29.4 Å². The van der Waals surface area contributed by atoms with Crippen LogP contribution in [-0.4, -0.2) is 55.2 Å². The molecule has 1 aliphatic heterocycles. The zero-order valence-corrected chi connectivity index (χ0v) is 31.6. The second-order valence-electron chi connectivity index (χ2n) is 15.2. The van der Waals surface area contributed by atoms with E-state index in [9.17, 15) is 41.8 Å². The summed E-state index contributed by atoms with van der Waals surface area (Å²) in [7, 11) is 1.34. The number of nitrogens with one attached hydrogen (secondary N) is 3. The number of fused-ring (bicyclic) bond motifs is 2. The smallest absolute Gasteiger partial charge is 0.419 e. The molecule has 0 radical (unpaired) electrons. The molecule has 15 heteroatoms. The fourth-order valence-corrected chi connectivity index (χ4v) is 8.23. The number of rotatable bonds is 12. The fourth-order valence-electron chi connectivity index (χ4n) is 8.23. The van der Waals surface area contributed by atoms with Gasteiger partial charge in [-0.25, -0.2) is 13.6 Å². The number of carboxylic acid groups (broad SMARTS) is 1. The zero-order valence-electron chi connectivity index (χ0n) is 31.6. The van der Waals surface area contributed by atoms with Crippen LogP contribution in [0, 0.1) is 41.2 Å². The largest absolute Gasteiger partial charge is 0.496 e. The number of hydrogen-bond donors (Lipinski definition) is 4. The van der Waals surface area contributed by atoms with Crippen LogP contribution in [0.5, 0.6) is 5.75 Å². The minimum Gasteiger partial charge on any atom is -0.496 e. The lowest BCUT2D eigenvalue weighted by molar-refractivity contribution is -0.143. The van der Waals surface area contributed by atoms with Gasteiger partial charge in [0.2, 0.25) is 11.8 Å². The quantitative estimate of drug-likeness (QED) is 0.109. The lowest BCUT2D eigenvalue weighted by Crippen LogP contribution is -2.48. The number of halogens is 5. The first-order chi connectivity index (χ1) is 27.1. The number of alkyl halides is 3. The number of aliphatic carboxylic acids is 1. The Morgan fingerprint density at radius 1 is 0.912 bits per heavy atom. The Labute approximate surface area is 326 Å². The van der Waals surface area contributed by atoms with Crippen molar-refractivity contribution in [3.63, 3.8) is 0 Å². The molecule has 3 aromatic rings. The second-order valence-corrected chi connectivity index (χ2v) is 15.2. The predicted molar refractivity (Wildman–Crippen MR) is 199 cm³/mol. The molecular weight excluding hydrogens is 753 g/mol. The van der Waals surface area contributed by atoms with Crippen molar-refractivity contribution in [2.45, 2.75) is 64.2 Å². The molecule has 4 N–H and O–H groups in total. The van der Waals surface area contributed by atoms with E-state index in [0.29, 0.717) is 57.5 Å². The van der Waals surface area contributed by atoms with Crippen LogP contribution >= 0.6 is 0 Å². The van der Waals surface area contributed by atoms with Gasteiger partial charge >= 0.3 is 12.1 Å². The lowest BCUT2D eigenvalue weighted by atomic mass is 9.83. The highest BCUT2D eigenvalue weighted by molar-refractivity contribution is 6.00. The number of anilines is 1. The van der Waals surface area contributed by atoms with Gasteiger partial charge in [0.15, 0.2) is 6.04 Å². The van der Waals surface area contributed by atoms with Crippen molar-refractivity contribution in [2.24, 2.45) is 29.6 Å². The van der Waals surface area contributed by atoms with Crippen LogP contribution < -0.4 is 20.7 Å². The summed E-state index contributed by atoms with van der Waals surface area (Å²) in [6.07, 6.45) is -0.107. The third-order valence-corrected chi connectivity index (χ3v) is 11.1. The van der Waals surface area contributed by atoms with Crippen molar-refractivity contribution in [1.29, 1.82) is 0 Å². The van der Waals surface area contributed by atoms with Gasteiger partial charge in [-0.2, -0.15) is 13.2 Å². The molecule has 2 aliphatic carbocycles. The summed E-state index contributed by atoms with van der Waals surface area (Å²) in [4.78, 5) is 53.5. The number of hydrogen-bond acceptors (Lipinski definition) is 6. The van der Waals surface area contributed by atoms with Crippen LogP contribution in [0.2, 0.25) is 0 Å². The van der Waals surface area contributed by atoms with Gasteiger partial charge in [0.25, 0.3) is 5.91 Å². The van der Waals surface area contributed by atoms with Crippen molar-refractivity contribution in [3.05, 3.63) is 94.6 Å². The van der Waals surface area contributed by atoms with E-state index in [1.807, 2.05) is 13.8 Å². The molecule has 1 saturated heterocycles. The third-order valence-electron chi connectivity index (χ3n) is 11.1. The highest BCUT2D eigenvalue weighted by atomic mass is 19.4. The van der Waals surface area contributed by atoms with E-state index < -0.39 is 71.0 Å². The van der Waals surface area contributed by atoms with E-state index in [4.69, 9.17) is 9.47 Å². The molecule has 3 aromatic carbocycles. The molecule has 10 nitrogen and oxygen atoms in total. The molecule has 5 atom stereocenters. The van der Waals surface area contributed by atoms with E-state index in [1.165, 1.54) is 37.4 Å². The highest BCUT2D eigenvalue weighted by Gasteiger charge is 2.54. The predicted octanol–water partition coefficient (Wildman–Crippen LogP) is 7.69. The number of benzene rings is 3. The number of carboxylic acids is 1. The first-order valence-corrected chi connectivity index (χ1v) is 18.8. The van der Waals surface area contributed by atoms with Crippen molar-refractivity contribution < 1.29 is 55.7 Å². The average Bonchev–Trinajstić information content (AvgIpc) is 3.71. The van der Waals surface area contributed by atoms with Crippen LogP contribution in [0.3, 0.4) is 0 Å². The topological polar surface area (TPSA) is 143 Å². The molecule has 304 valence electrons. The minimum absolute atomic E-state index is 0.0228. The number of amides is 3. The van der Waals surface area contributed by atoms with Gasteiger partial charge in [-0.05, 0) is 97.5 Å². The molecule has 3 amide bonds. The normalized spacial score (nSPS) is 22.0. The van der Waals surface area contributed by atoms with Gasteiger partial charge < -0.3 is 30.5 Å². The highest BCUT2D eigenvalue weighted by Crippen LogP contribution is 2.53. The number of carbonyl (C=O) groups is 4. The van der Waals surface area contributed by atoms with Gasteiger partial charge in [-0.1, -0.05) is 37.6 Å². The Hall–Kier alpha value is -5.31. The summed E-state index contributed by atoms with van der Waals surface area (Å²) < 4.78 is 80.8. The van der Waals surface area contributed by atoms with Crippen LogP contribution in [-0.2, 0) is 25.3 Å². The first kappa shape index (κ1) is 41.3. The van der Waals surface area contributed by atoms with E-state index in [2.05, 4.69) is 22.0 Å². The molecule has 57 heavy (non-hydrogen) atoms. The number of allylic oxidation sites excluding steroid dienone is 1. The van der Waals surface area contributed by atoms with Gasteiger partial charge in [-0.3, -0.25) is 14.4 Å². The molecule has 2 bridgehead atoms. The third kappa shape index (κ3) is 8.98. The number of ether oxygens (including phenoxy) is 2. The van der Waals surface area contributed by atoms with Gasteiger partial charge in [-0.15, -0.1) is 0 Å². The van der Waals surface area contributed by atoms with Crippen LogP contribution in [0.25, 0.3) is 11.1 Å². The summed E-state index contributed by atoms with van der Waals surface area (Å²) in [5.41, 5.74) is -0.586. The maximum Gasteiger partial charge on any atom is 0.419 e. The minimum atomic E-state index is -4.99. The lowest BCUT2D eigenvalue weighted by Gasteiger charge is -2.30. The average molecular weight is 798 g/mol. The molecule has 6 rings (SSSR count). The molecule has 3 aliphatic rings. The summed E-state index contributed by atoms with van der Waals surface area (Å²) in [5, 5.41) is 18.1. The Bertz CT molecular complexity index is 2060. The monoisotopic (exact) mass is 797 g/mol. The molecule has 0 aromatic heterocycles. The Kier molecular flexibility index (Phi) is 12.4. The molecule has 3 fully saturated rings. The Morgan fingerprint density at radius 3 is 2.28 bits per heavy atom. The second kappa shape index (κ2) is 17.0. The first-order valence-electron chi connectivity index (χ1n) is 18.8. The summed E-state index contributed by atoms with van der Waals surface area (Å²) >= 11 is 0. The summed E-state index contributed by atoms with van der Waals surface area (Å²) in [6, 6.07) is 7.88. The number of carbonyl (C=O) groups excluding carboxylic acids is 3. The fraction of sp³-hybridized carbons (Fsp3) is 0.429. The molecular formula is C42H44F5N3O7. The van der Waals surface area contributed by atoms with Crippen molar-refractivity contribution in [2.75, 3.05) is 25.6 Å². The molecule has 2 saturated carbocycles. The Balaban J connectivity index is 1.30. The van der Waals surface area contributed by atoms with E-state index in [1.54, 1.807) is 0 Å². The molecule has 4 unspecified atom stereocenters. The Morgan fingerprint density at radius 2 is 1.61 bits per heavy atom. The van der Waals surface area contributed by atoms with Gasteiger partial charge in [0.05, 0.1) is 24.2 Å². The number of methoxy groups -OCH3 is 1.